The van der Waals surface area contributed by atoms with Crippen LogP contribution < -0.4 is 10.3 Å². The molecule has 1 aliphatic rings. The van der Waals surface area contributed by atoms with E-state index in [2.05, 4.69) is 5.32 Å². The van der Waals surface area contributed by atoms with Gasteiger partial charge in [0.2, 0.25) is 5.91 Å². The zero-order valence-corrected chi connectivity index (χ0v) is 22.4. The number of amides is 1. The molecule has 2 N–H and O–H groups in total. The molecule has 2 unspecified atom stereocenters. The van der Waals surface area contributed by atoms with Gasteiger partial charge in [-0.25, -0.2) is 18.2 Å². The van der Waals surface area contributed by atoms with Gasteiger partial charge < -0.3 is 10.4 Å². The molecule has 2 aromatic rings. The lowest BCUT2D eigenvalue weighted by atomic mass is 9.64. The average Bonchev–Trinajstić information content (AvgIpc) is 3.09. The van der Waals surface area contributed by atoms with E-state index < -0.39 is 28.4 Å². The van der Waals surface area contributed by atoms with Gasteiger partial charge in [-0.05, 0) is 61.4 Å². The zero-order valence-electron chi connectivity index (χ0n) is 22.4. The van der Waals surface area contributed by atoms with Crippen LogP contribution in [0.4, 0.5) is 18.9 Å². The molecule has 0 fully saturated rings. The predicted molar refractivity (Wildman–Crippen MR) is 141 cm³/mol. The van der Waals surface area contributed by atoms with Crippen LogP contribution in [0.2, 0.25) is 0 Å². The zero-order chi connectivity index (χ0) is 27.4. The molecule has 2 atom stereocenters. The topological polar surface area (TPSA) is 64.9 Å². The van der Waals surface area contributed by atoms with Crippen LogP contribution in [0, 0.1) is 28.3 Å². The molecule has 1 heterocycles. The van der Waals surface area contributed by atoms with Gasteiger partial charge in [-0.2, -0.15) is 5.10 Å². The van der Waals surface area contributed by atoms with Crippen molar-refractivity contribution in [2.24, 2.45) is 15.9 Å². The number of carbonyl (C=O) groups is 1. The summed E-state index contributed by atoms with van der Waals surface area (Å²) in [5, 5.41) is 18.7. The highest BCUT2D eigenvalue weighted by Crippen LogP contribution is 2.51. The van der Waals surface area contributed by atoms with Crippen molar-refractivity contribution in [3.8, 4) is 0 Å². The number of unbranched alkanes of at least 4 members (excludes halogenated alkanes) is 1. The molecule has 0 spiro atoms. The third-order valence-electron chi connectivity index (χ3n) is 7.69. The molecule has 37 heavy (non-hydrogen) atoms. The van der Waals surface area contributed by atoms with Gasteiger partial charge >= 0.3 is 0 Å². The molecule has 0 radical (unpaired) electrons. The standard InChI is InChI=1S/C29H38F3N3O2/c1-6-7-16-28(4)25(20-9-11-21(30)12-10-20)34-35(24-14-13-22(31)18-23(24)32)29(28,5)26(37)33-17-8-15-27(2,3)19-36/h9-14,18,36H,6-8,15-17,19H2,1-5H3,(H,33,37). The van der Waals surface area contributed by atoms with E-state index in [9.17, 15) is 18.7 Å². The summed E-state index contributed by atoms with van der Waals surface area (Å²) in [6.45, 7) is 10.0. The maximum absolute atomic E-state index is 15.1. The largest absolute Gasteiger partial charge is 0.396 e. The highest BCUT2D eigenvalue weighted by molar-refractivity contribution is 6.13. The monoisotopic (exact) mass is 517 g/mol. The lowest BCUT2D eigenvalue weighted by Gasteiger charge is -2.44. The third-order valence-corrected chi connectivity index (χ3v) is 7.69. The maximum Gasteiger partial charge on any atom is 0.248 e. The van der Waals surface area contributed by atoms with Crippen LogP contribution in [0.25, 0.3) is 0 Å². The van der Waals surface area contributed by atoms with Gasteiger partial charge in [-0.3, -0.25) is 4.79 Å². The molecule has 1 amide bonds. The van der Waals surface area contributed by atoms with Crippen molar-refractivity contribution < 1.29 is 23.1 Å². The van der Waals surface area contributed by atoms with Gasteiger partial charge in [-0.1, -0.05) is 52.7 Å². The van der Waals surface area contributed by atoms with Gasteiger partial charge in [0.05, 0.1) is 11.4 Å². The van der Waals surface area contributed by atoms with Crippen LogP contribution in [0.3, 0.4) is 0 Å². The molecule has 8 heteroatoms. The summed E-state index contributed by atoms with van der Waals surface area (Å²) in [5.41, 5.74) is -1.34. The number of carbonyl (C=O) groups excluding carboxylic acids is 1. The van der Waals surface area contributed by atoms with E-state index >= 15 is 4.39 Å². The molecular formula is C29H38F3N3O2. The van der Waals surface area contributed by atoms with Gasteiger partial charge in [0.1, 0.15) is 17.2 Å². The van der Waals surface area contributed by atoms with Crippen molar-refractivity contribution >= 4 is 17.3 Å². The molecule has 3 rings (SSSR count). The van der Waals surface area contributed by atoms with Gasteiger partial charge in [0.25, 0.3) is 0 Å². The molecular weight excluding hydrogens is 479 g/mol. The highest BCUT2D eigenvalue weighted by Gasteiger charge is 2.61. The van der Waals surface area contributed by atoms with Gasteiger partial charge in [0, 0.05) is 24.6 Å². The Morgan fingerprint density at radius 2 is 1.70 bits per heavy atom. The van der Waals surface area contributed by atoms with Crippen LogP contribution in [-0.4, -0.2) is 35.4 Å². The lowest BCUT2D eigenvalue weighted by molar-refractivity contribution is -0.128. The van der Waals surface area contributed by atoms with E-state index in [-0.39, 0.29) is 23.6 Å². The summed E-state index contributed by atoms with van der Waals surface area (Å²) in [6, 6.07) is 9.09. The third kappa shape index (κ3) is 5.69. The van der Waals surface area contributed by atoms with E-state index in [0.717, 1.165) is 25.0 Å². The number of halogens is 3. The first-order valence-corrected chi connectivity index (χ1v) is 12.9. The Morgan fingerprint density at radius 3 is 2.30 bits per heavy atom. The fraction of sp³-hybridized carbons (Fsp3) is 0.517. The minimum absolute atomic E-state index is 0.0136. The Morgan fingerprint density at radius 1 is 1.05 bits per heavy atom. The number of anilines is 1. The van der Waals surface area contributed by atoms with Crippen LogP contribution in [0.1, 0.15) is 72.3 Å². The van der Waals surface area contributed by atoms with E-state index in [0.29, 0.717) is 37.1 Å². The molecule has 1 aliphatic heterocycles. The number of nitrogens with one attached hydrogen (secondary N) is 1. The molecule has 0 aromatic heterocycles. The summed E-state index contributed by atoms with van der Waals surface area (Å²) in [4.78, 5) is 14.0. The van der Waals surface area contributed by atoms with Crippen molar-refractivity contribution in [1.29, 1.82) is 0 Å². The maximum atomic E-state index is 15.1. The number of benzene rings is 2. The molecule has 0 saturated carbocycles. The molecule has 202 valence electrons. The van der Waals surface area contributed by atoms with E-state index in [1.54, 1.807) is 19.1 Å². The van der Waals surface area contributed by atoms with Crippen molar-refractivity contribution in [3.63, 3.8) is 0 Å². The first kappa shape index (κ1) is 28.7. The summed E-state index contributed by atoms with van der Waals surface area (Å²) in [5.74, 6) is -2.29. The fourth-order valence-corrected chi connectivity index (χ4v) is 4.97. The van der Waals surface area contributed by atoms with E-state index in [1.807, 2.05) is 27.7 Å². The molecule has 0 saturated heterocycles. The lowest BCUT2D eigenvalue weighted by Crippen LogP contribution is -2.63. The van der Waals surface area contributed by atoms with E-state index in [1.165, 1.54) is 23.2 Å². The minimum Gasteiger partial charge on any atom is -0.396 e. The Kier molecular flexibility index (Phi) is 8.73. The Labute approximate surface area is 217 Å². The number of hydrogen-bond acceptors (Lipinski definition) is 4. The van der Waals surface area contributed by atoms with Crippen LogP contribution in [-0.2, 0) is 4.79 Å². The first-order chi connectivity index (χ1) is 17.4. The van der Waals surface area contributed by atoms with Crippen LogP contribution >= 0.6 is 0 Å². The second-order valence-electron chi connectivity index (χ2n) is 11.1. The number of aliphatic hydroxyl groups is 1. The van der Waals surface area contributed by atoms with Gasteiger partial charge in [0.15, 0.2) is 5.82 Å². The number of hydrogen-bond donors (Lipinski definition) is 2. The SMILES string of the molecule is CCCCC1(C)C(c2ccc(F)cc2)=NN(c2ccc(F)cc2F)C1(C)C(=O)NCCCC(C)(C)CO. The van der Waals surface area contributed by atoms with Crippen molar-refractivity contribution in [3.05, 3.63) is 65.5 Å². The summed E-state index contributed by atoms with van der Waals surface area (Å²) >= 11 is 0. The fourth-order valence-electron chi connectivity index (χ4n) is 4.97. The van der Waals surface area contributed by atoms with Gasteiger partial charge in [-0.15, -0.1) is 0 Å². The van der Waals surface area contributed by atoms with Crippen molar-refractivity contribution in [1.82, 2.24) is 5.32 Å². The first-order valence-electron chi connectivity index (χ1n) is 12.9. The van der Waals surface area contributed by atoms with Crippen molar-refractivity contribution in [2.75, 3.05) is 18.2 Å². The van der Waals surface area contributed by atoms with E-state index in [4.69, 9.17) is 5.10 Å². The normalized spacial score (nSPS) is 21.8. The number of rotatable bonds is 11. The highest BCUT2D eigenvalue weighted by atomic mass is 19.1. The molecule has 0 aliphatic carbocycles. The quantitative estimate of drug-likeness (QED) is 0.349. The Bertz CT molecular complexity index is 1140. The predicted octanol–water partition coefficient (Wildman–Crippen LogP) is 6.20. The average molecular weight is 518 g/mol. The molecule has 2 aromatic carbocycles. The molecule has 0 bridgehead atoms. The second-order valence-corrected chi connectivity index (χ2v) is 11.1. The van der Waals surface area contributed by atoms with Crippen LogP contribution in [0.15, 0.2) is 47.6 Å². The number of hydrazone groups is 1. The Hall–Kier alpha value is -2.87. The van der Waals surface area contributed by atoms with Crippen molar-refractivity contribution in [2.45, 2.75) is 72.3 Å². The number of nitrogens with zero attached hydrogens (tertiary/aromatic N) is 2. The Balaban J connectivity index is 2.08. The number of aliphatic hydroxyl groups excluding tert-OH is 1. The summed E-state index contributed by atoms with van der Waals surface area (Å²) in [6.07, 6.45) is 3.58. The molecule has 5 nitrogen and oxygen atoms in total. The smallest absolute Gasteiger partial charge is 0.248 e. The second kappa shape index (κ2) is 11.3. The summed E-state index contributed by atoms with van der Waals surface area (Å²) < 4.78 is 42.7. The van der Waals surface area contributed by atoms with Crippen LogP contribution in [0.5, 0.6) is 0 Å². The minimum atomic E-state index is -1.36. The summed E-state index contributed by atoms with van der Waals surface area (Å²) in [7, 11) is 0.